The first kappa shape index (κ1) is 18.3. The summed E-state index contributed by atoms with van der Waals surface area (Å²) in [7, 11) is 0. The number of rotatable bonds is 4. The lowest BCUT2D eigenvalue weighted by atomic mass is 9.94. The third-order valence-electron chi connectivity index (χ3n) is 5.38. The minimum atomic E-state index is 0.0286. The van der Waals surface area contributed by atoms with Gasteiger partial charge >= 0.3 is 0 Å². The van der Waals surface area contributed by atoms with E-state index < -0.39 is 0 Å². The number of likely N-dealkylation sites (tertiary alicyclic amines) is 1. The number of carbonyl (C=O) groups excluding carboxylic acids is 1. The lowest BCUT2D eigenvalue weighted by molar-refractivity contribution is 0.0754. The van der Waals surface area contributed by atoms with E-state index in [-0.39, 0.29) is 5.91 Å². The molecule has 0 aliphatic carbocycles. The molecule has 0 aromatic carbocycles. The summed E-state index contributed by atoms with van der Waals surface area (Å²) in [6.07, 6.45) is 7.14. The monoisotopic (exact) mass is 380 g/mol. The van der Waals surface area contributed by atoms with Crippen LogP contribution in [-0.4, -0.2) is 49.2 Å². The molecule has 4 heterocycles. The van der Waals surface area contributed by atoms with E-state index in [0.717, 1.165) is 67.2 Å². The van der Waals surface area contributed by atoms with Crippen LogP contribution in [0, 0.1) is 19.8 Å². The maximum atomic E-state index is 12.5. The Morgan fingerprint density at radius 1 is 1.29 bits per heavy atom. The fourth-order valence-electron chi connectivity index (χ4n) is 3.91. The van der Waals surface area contributed by atoms with E-state index in [2.05, 4.69) is 25.3 Å². The molecular weight excluding hydrogens is 356 g/mol. The fraction of sp³-hybridized carbons (Fsp3) is 0.450. The summed E-state index contributed by atoms with van der Waals surface area (Å²) < 4.78 is 5.27. The zero-order chi connectivity index (χ0) is 19.5. The molecule has 0 saturated carbocycles. The van der Waals surface area contributed by atoms with Crippen molar-refractivity contribution in [1.82, 2.24) is 30.2 Å². The molecule has 146 valence electrons. The molecule has 1 fully saturated rings. The van der Waals surface area contributed by atoms with Crippen molar-refractivity contribution in [2.75, 3.05) is 13.1 Å². The predicted octanol–water partition coefficient (Wildman–Crippen LogP) is 2.96. The lowest BCUT2D eigenvalue weighted by Crippen LogP contribution is -2.32. The number of carbonyl (C=O) groups is 1. The standard InChI is InChI=1S/C20H24N6O2/c1-13-19(14(2)28-25-13)18-11-16(21-12-22-18)10-15-4-3-8-26(9-6-15)20(27)17-5-7-23-24-17/h5,7,11-12,15H,3-4,6,8-10H2,1-2H3,(H,23,24)/t15-/m1/s1. The maximum Gasteiger partial charge on any atom is 0.271 e. The summed E-state index contributed by atoms with van der Waals surface area (Å²) in [4.78, 5) is 23.3. The average molecular weight is 380 g/mol. The van der Waals surface area contributed by atoms with E-state index in [1.54, 1.807) is 18.6 Å². The van der Waals surface area contributed by atoms with Gasteiger partial charge in [-0.15, -0.1) is 0 Å². The zero-order valence-electron chi connectivity index (χ0n) is 16.2. The molecule has 1 aliphatic rings. The van der Waals surface area contributed by atoms with Gasteiger partial charge in [-0.2, -0.15) is 5.10 Å². The summed E-state index contributed by atoms with van der Waals surface area (Å²) in [6.45, 7) is 5.35. The molecule has 3 aromatic heterocycles. The van der Waals surface area contributed by atoms with Gasteiger partial charge in [0.1, 0.15) is 17.8 Å². The molecule has 1 amide bonds. The molecule has 8 heteroatoms. The van der Waals surface area contributed by atoms with Crippen LogP contribution in [0.15, 0.2) is 29.2 Å². The first-order valence-electron chi connectivity index (χ1n) is 9.64. The van der Waals surface area contributed by atoms with Gasteiger partial charge in [-0.3, -0.25) is 9.89 Å². The maximum absolute atomic E-state index is 12.5. The van der Waals surface area contributed by atoms with Gasteiger partial charge in [0.25, 0.3) is 5.91 Å². The largest absolute Gasteiger partial charge is 0.361 e. The van der Waals surface area contributed by atoms with Gasteiger partial charge in [-0.25, -0.2) is 9.97 Å². The zero-order valence-corrected chi connectivity index (χ0v) is 16.2. The highest BCUT2D eigenvalue weighted by atomic mass is 16.5. The first-order chi connectivity index (χ1) is 13.6. The van der Waals surface area contributed by atoms with Crippen molar-refractivity contribution in [3.63, 3.8) is 0 Å². The molecule has 8 nitrogen and oxygen atoms in total. The number of hydrogen-bond acceptors (Lipinski definition) is 6. The molecule has 1 saturated heterocycles. The number of nitrogens with one attached hydrogen (secondary N) is 1. The van der Waals surface area contributed by atoms with Crippen LogP contribution in [0.5, 0.6) is 0 Å². The number of H-pyrrole nitrogens is 1. The molecule has 3 aromatic rings. The van der Waals surface area contributed by atoms with Gasteiger partial charge in [-0.05, 0) is 57.6 Å². The average Bonchev–Trinajstić information content (AvgIpc) is 3.27. The Hall–Kier alpha value is -3.03. The summed E-state index contributed by atoms with van der Waals surface area (Å²) in [6, 6.07) is 3.76. The van der Waals surface area contributed by atoms with Crippen LogP contribution < -0.4 is 0 Å². The van der Waals surface area contributed by atoms with Crippen molar-refractivity contribution in [2.45, 2.75) is 39.5 Å². The molecule has 1 atom stereocenters. The highest BCUT2D eigenvalue weighted by Crippen LogP contribution is 2.27. The number of hydrogen-bond donors (Lipinski definition) is 1. The van der Waals surface area contributed by atoms with E-state index >= 15 is 0 Å². The Morgan fingerprint density at radius 3 is 2.93 bits per heavy atom. The third-order valence-corrected chi connectivity index (χ3v) is 5.38. The first-order valence-corrected chi connectivity index (χ1v) is 9.64. The Bertz CT molecular complexity index is 930. The van der Waals surface area contributed by atoms with Crippen molar-refractivity contribution in [3.05, 3.63) is 47.5 Å². The summed E-state index contributed by atoms with van der Waals surface area (Å²) in [5, 5.41) is 10.7. The molecule has 1 aliphatic heterocycles. The summed E-state index contributed by atoms with van der Waals surface area (Å²) in [5.74, 6) is 1.29. The summed E-state index contributed by atoms with van der Waals surface area (Å²) in [5.41, 5.74) is 4.21. The van der Waals surface area contributed by atoms with Crippen LogP contribution >= 0.6 is 0 Å². The van der Waals surface area contributed by atoms with Crippen LogP contribution in [0.4, 0.5) is 0 Å². The van der Waals surface area contributed by atoms with Gasteiger partial charge in [0.15, 0.2) is 0 Å². The molecule has 4 rings (SSSR count). The summed E-state index contributed by atoms with van der Waals surface area (Å²) >= 11 is 0. The number of aromatic nitrogens is 5. The molecule has 0 spiro atoms. The topological polar surface area (TPSA) is 101 Å². The molecule has 0 unspecified atom stereocenters. The predicted molar refractivity (Wildman–Crippen MR) is 103 cm³/mol. The van der Waals surface area contributed by atoms with E-state index in [0.29, 0.717) is 11.6 Å². The van der Waals surface area contributed by atoms with Gasteiger partial charge in [0.05, 0.1) is 17.0 Å². The minimum Gasteiger partial charge on any atom is -0.361 e. The van der Waals surface area contributed by atoms with Crippen molar-refractivity contribution >= 4 is 5.91 Å². The quantitative estimate of drug-likeness (QED) is 0.747. The second-order valence-electron chi connectivity index (χ2n) is 7.36. The van der Waals surface area contributed by atoms with Crippen molar-refractivity contribution in [2.24, 2.45) is 5.92 Å². The minimum absolute atomic E-state index is 0.0286. The molecule has 0 bridgehead atoms. The Balaban J connectivity index is 1.43. The lowest BCUT2D eigenvalue weighted by Gasteiger charge is -2.19. The van der Waals surface area contributed by atoms with Gasteiger partial charge in [-0.1, -0.05) is 5.16 Å². The van der Waals surface area contributed by atoms with Crippen LogP contribution in [0.2, 0.25) is 0 Å². The normalized spacial score (nSPS) is 17.5. The van der Waals surface area contributed by atoms with E-state index in [1.807, 2.05) is 24.8 Å². The number of nitrogens with zero attached hydrogens (tertiary/aromatic N) is 5. The molecule has 28 heavy (non-hydrogen) atoms. The van der Waals surface area contributed by atoms with Crippen molar-refractivity contribution in [1.29, 1.82) is 0 Å². The van der Waals surface area contributed by atoms with Gasteiger partial charge in [0, 0.05) is 25.0 Å². The number of amides is 1. The highest BCUT2D eigenvalue weighted by molar-refractivity contribution is 5.92. The fourth-order valence-corrected chi connectivity index (χ4v) is 3.91. The second kappa shape index (κ2) is 7.92. The van der Waals surface area contributed by atoms with Crippen molar-refractivity contribution in [3.8, 4) is 11.3 Å². The molecule has 0 radical (unpaired) electrons. The highest BCUT2D eigenvalue weighted by Gasteiger charge is 2.23. The Morgan fingerprint density at radius 2 is 2.18 bits per heavy atom. The number of aromatic amines is 1. The van der Waals surface area contributed by atoms with Crippen molar-refractivity contribution < 1.29 is 9.32 Å². The molecule has 1 N–H and O–H groups in total. The van der Waals surface area contributed by atoms with Crippen LogP contribution in [0.1, 0.15) is 46.9 Å². The van der Waals surface area contributed by atoms with E-state index in [9.17, 15) is 4.79 Å². The van der Waals surface area contributed by atoms with E-state index in [1.165, 1.54) is 0 Å². The Kier molecular flexibility index (Phi) is 5.18. The van der Waals surface area contributed by atoms with Gasteiger partial charge < -0.3 is 9.42 Å². The Labute approximate surface area is 163 Å². The van der Waals surface area contributed by atoms with Gasteiger partial charge in [0.2, 0.25) is 0 Å². The van der Waals surface area contributed by atoms with Crippen LogP contribution in [-0.2, 0) is 6.42 Å². The number of aryl methyl sites for hydroxylation is 2. The van der Waals surface area contributed by atoms with E-state index in [4.69, 9.17) is 4.52 Å². The third kappa shape index (κ3) is 3.81. The smallest absolute Gasteiger partial charge is 0.271 e. The van der Waals surface area contributed by atoms with Crippen LogP contribution in [0.3, 0.4) is 0 Å². The second-order valence-corrected chi connectivity index (χ2v) is 7.36. The SMILES string of the molecule is Cc1noc(C)c1-c1cc(C[C@@H]2CCCN(C(=O)c3ccn[nH]3)CC2)ncn1. The van der Waals surface area contributed by atoms with Crippen LogP contribution in [0.25, 0.3) is 11.3 Å². The molecular formula is C20H24N6O2.